The van der Waals surface area contributed by atoms with Gasteiger partial charge in [0.05, 0.1) is 10.8 Å². The van der Waals surface area contributed by atoms with E-state index in [1.807, 2.05) is 85.8 Å². The fourth-order valence-corrected chi connectivity index (χ4v) is 10.6. The predicted octanol–water partition coefficient (Wildman–Crippen LogP) is 3.36. The molecule has 10 nitrogen and oxygen atoms in total. The van der Waals surface area contributed by atoms with Crippen LogP contribution in [-0.2, 0) is 42.8 Å². The molecule has 10 heteroatoms. The van der Waals surface area contributed by atoms with Gasteiger partial charge in [0.15, 0.2) is 0 Å². The molecule has 0 aromatic heterocycles. The lowest BCUT2D eigenvalue weighted by atomic mass is 9.54. The highest BCUT2D eigenvalue weighted by Gasteiger charge is 2.78. The average Bonchev–Trinajstić information content (AvgIpc) is 3.85. The number of nitrogens with zero attached hydrogens (tertiary/aromatic N) is 2. The number of piperazine rings is 2. The van der Waals surface area contributed by atoms with Crippen LogP contribution in [0.25, 0.3) is 0 Å². The third kappa shape index (κ3) is 3.98. The Morgan fingerprint density at radius 3 is 1.59 bits per heavy atom. The summed E-state index contributed by atoms with van der Waals surface area (Å²) in [5.74, 6) is -0.628. The molecule has 6 aliphatic heterocycles. The van der Waals surface area contributed by atoms with Gasteiger partial charge in [-0.15, -0.1) is 0 Å². The molecule has 256 valence electrons. The van der Waals surface area contributed by atoms with Gasteiger partial charge in [0.1, 0.15) is 36.5 Å². The number of rotatable bonds is 5. The number of nitrogens with one attached hydrogen (secondary N) is 4. The Labute approximate surface area is 295 Å². The van der Waals surface area contributed by atoms with Gasteiger partial charge in [-0.1, -0.05) is 91.0 Å². The van der Waals surface area contributed by atoms with Crippen molar-refractivity contribution >= 4 is 35.0 Å². The number of para-hydroxylation sites is 1. The maximum absolute atomic E-state index is 14.7. The maximum Gasteiger partial charge on any atom is 0.247 e. The Kier molecular flexibility index (Phi) is 6.33. The summed E-state index contributed by atoms with van der Waals surface area (Å²) in [7, 11) is 0. The Bertz CT molecular complexity index is 2140. The highest BCUT2D eigenvalue weighted by Crippen LogP contribution is 2.69. The molecular formula is C41H38N6O4. The maximum atomic E-state index is 14.7. The van der Waals surface area contributed by atoms with Gasteiger partial charge in [-0.3, -0.25) is 19.2 Å². The Balaban J connectivity index is 1.14. The van der Waals surface area contributed by atoms with Crippen LogP contribution in [0.2, 0.25) is 0 Å². The summed E-state index contributed by atoms with van der Waals surface area (Å²) in [5.41, 5.74) is 5.08. The second-order valence-corrected chi connectivity index (χ2v) is 15.1. The largest absolute Gasteiger partial charge is 0.364 e. The molecular weight excluding hydrogens is 640 g/mol. The topological polar surface area (TPSA) is 123 Å². The van der Waals surface area contributed by atoms with Crippen LogP contribution < -0.4 is 21.3 Å². The summed E-state index contributed by atoms with van der Waals surface area (Å²) in [6, 6.07) is 31.0. The standard InChI is InChI=1S/C41H38N6O4/c1-23-16-17-27-29(18-23)45-39-41(27,22-33-35(49)43-31(37(51)47(33)39)20-25-12-6-3-7-13-25)40-21-32-34(48)42-30(19-24-10-4-2-5-11-24)36(50)46(32)38(40)44-28-15-9-8-14-26(28)40/h2-18,30-33,38-39,44-45H,19-22H2,1H3,(H,42,48)(H,43,49)/t30-,31-,32-,33-,38+,39+,40-,41-/m0/s1. The van der Waals surface area contributed by atoms with E-state index in [1.165, 1.54) is 0 Å². The fourth-order valence-electron chi connectivity index (χ4n) is 10.6. The molecule has 4 N–H and O–H groups in total. The van der Waals surface area contributed by atoms with E-state index in [-0.39, 0.29) is 23.6 Å². The van der Waals surface area contributed by atoms with Crippen LogP contribution in [0.15, 0.2) is 103 Å². The molecule has 0 unspecified atom stereocenters. The second-order valence-electron chi connectivity index (χ2n) is 15.1. The van der Waals surface area contributed by atoms with Crippen molar-refractivity contribution in [2.45, 2.75) is 79.9 Å². The minimum atomic E-state index is -0.869. The van der Waals surface area contributed by atoms with Gasteiger partial charge >= 0.3 is 0 Å². The van der Waals surface area contributed by atoms with Gasteiger partial charge in [0.2, 0.25) is 23.6 Å². The van der Waals surface area contributed by atoms with Crippen molar-refractivity contribution in [1.29, 1.82) is 0 Å². The lowest BCUT2D eigenvalue weighted by Crippen LogP contribution is -2.67. The number of hydrogen-bond donors (Lipinski definition) is 4. The highest BCUT2D eigenvalue weighted by atomic mass is 16.2. The van der Waals surface area contributed by atoms with Gasteiger partial charge in [-0.05, 0) is 59.7 Å². The molecule has 4 saturated heterocycles. The number of anilines is 2. The van der Waals surface area contributed by atoms with E-state index in [1.54, 1.807) is 9.80 Å². The molecule has 4 aromatic carbocycles. The van der Waals surface area contributed by atoms with Gasteiger partial charge in [0.25, 0.3) is 0 Å². The van der Waals surface area contributed by atoms with Crippen LogP contribution in [-0.4, -0.2) is 69.9 Å². The summed E-state index contributed by atoms with van der Waals surface area (Å²) < 4.78 is 0. The molecule has 51 heavy (non-hydrogen) atoms. The summed E-state index contributed by atoms with van der Waals surface area (Å²) in [6.07, 6.45) is 0.260. The van der Waals surface area contributed by atoms with Crippen LogP contribution in [0.4, 0.5) is 11.4 Å². The number of aryl methyl sites for hydroxylation is 1. The Morgan fingerprint density at radius 1 is 0.569 bits per heavy atom. The van der Waals surface area contributed by atoms with Crippen molar-refractivity contribution in [2.24, 2.45) is 0 Å². The fraction of sp³-hybridized carbons (Fsp3) is 0.317. The molecule has 0 spiro atoms. The molecule has 10 rings (SSSR count). The first-order valence-corrected chi connectivity index (χ1v) is 17.9. The molecule has 4 aromatic rings. The zero-order chi connectivity index (χ0) is 34.6. The summed E-state index contributed by atoms with van der Waals surface area (Å²) in [6.45, 7) is 2.04. The SMILES string of the molecule is Cc1ccc2c(c1)N[C@@H]1N3C(=O)[C@H](Cc4ccccc4)NC(=O)[C@@H]3C[C@]21[C@]12C[C@H]3C(=O)N[C@@H](Cc4ccccc4)C(=O)N3[C@H]1Nc1ccccc12. The van der Waals surface area contributed by atoms with E-state index in [0.29, 0.717) is 25.7 Å². The van der Waals surface area contributed by atoms with E-state index in [4.69, 9.17) is 0 Å². The molecule has 6 aliphatic rings. The third-order valence-corrected chi connectivity index (χ3v) is 12.5. The van der Waals surface area contributed by atoms with E-state index in [9.17, 15) is 19.2 Å². The van der Waals surface area contributed by atoms with Crippen molar-refractivity contribution in [2.75, 3.05) is 10.6 Å². The Hall–Kier alpha value is -5.64. The van der Waals surface area contributed by atoms with E-state index in [0.717, 1.165) is 39.2 Å². The lowest BCUT2D eigenvalue weighted by molar-refractivity contribution is -0.149. The highest BCUT2D eigenvalue weighted by molar-refractivity contribution is 6.01. The van der Waals surface area contributed by atoms with Crippen molar-refractivity contribution in [3.8, 4) is 0 Å². The first-order chi connectivity index (χ1) is 24.8. The molecule has 6 heterocycles. The third-order valence-electron chi connectivity index (χ3n) is 12.5. The van der Waals surface area contributed by atoms with Crippen molar-refractivity contribution in [3.05, 3.63) is 131 Å². The zero-order valence-corrected chi connectivity index (χ0v) is 28.1. The van der Waals surface area contributed by atoms with Crippen LogP contribution in [0.1, 0.15) is 40.7 Å². The lowest BCUT2D eigenvalue weighted by Gasteiger charge is -2.48. The number of carbonyl (C=O) groups excluding carboxylic acids is 4. The van der Waals surface area contributed by atoms with Crippen LogP contribution in [0.3, 0.4) is 0 Å². The van der Waals surface area contributed by atoms with Crippen molar-refractivity contribution in [1.82, 2.24) is 20.4 Å². The average molecular weight is 679 g/mol. The summed E-state index contributed by atoms with van der Waals surface area (Å²) in [4.78, 5) is 61.4. The zero-order valence-electron chi connectivity index (χ0n) is 28.1. The van der Waals surface area contributed by atoms with Gasteiger partial charge in [-0.25, -0.2) is 0 Å². The van der Waals surface area contributed by atoms with Crippen LogP contribution >= 0.6 is 0 Å². The van der Waals surface area contributed by atoms with Gasteiger partial charge in [-0.2, -0.15) is 0 Å². The summed E-state index contributed by atoms with van der Waals surface area (Å²) >= 11 is 0. The minimum Gasteiger partial charge on any atom is -0.364 e. The molecule has 0 bridgehead atoms. The molecule has 0 radical (unpaired) electrons. The Morgan fingerprint density at radius 2 is 1.04 bits per heavy atom. The van der Waals surface area contributed by atoms with Crippen LogP contribution in [0, 0.1) is 6.92 Å². The first kappa shape index (κ1) is 30.2. The van der Waals surface area contributed by atoms with Gasteiger partial charge in [0, 0.05) is 24.2 Å². The number of benzene rings is 4. The number of amides is 4. The molecule has 0 saturated carbocycles. The number of fused-ring (bicyclic) bond motifs is 11. The van der Waals surface area contributed by atoms with E-state index >= 15 is 0 Å². The number of hydrogen-bond acceptors (Lipinski definition) is 6. The van der Waals surface area contributed by atoms with Crippen LogP contribution in [0.5, 0.6) is 0 Å². The molecule has 8 atom stereocenters. The van der Waals surface area contributed by atoms with Gasteiger partial charge < -0.3 is 31.1 Å². The molecule has 0 aliphatic carbocycles. The minimum absolute atomic E-state index is 0.132. The predicted molar refractivity (Wildman–Crippen MR) is 190 cm³/mol. The second kappa shape index (κ2) is 10.7. The molecule has 4 fully saturated rings. The quantitative estimate of drug-likeness (QED) is 0.257. The van der Waals surface area contributed by atoms with E-state index < -0.39 is 47.3 Å². The van der Waals surface area contributed by atoms with Crippen molar-refractivity contribution in [3.63, 3.8) is 0 Å². The first-order valence-electron chi connectivity index (χ1n) is 17.9. The smallest absolute Gasteiger partial charge is 0.247 e. The van der Waals surface area contributed by atoms with E-state index in [2.05, 4.69) is 45.5 Å². The normalized spacial score (nSPS) is 32.5. The summed E-state index contributed by atoms with van der Waals surface area (Å²) in [5, 5.41) is 13.7. The molecule has 4 amide bonds. The van der Waals surface area contributed by atoms with Crippen molar-refractivity contribution < 1.29 is 19.2 Å². The monoisotopic (exact) mass is 678 g/mol. The number of carbonyl (C=O) groups is 4.